The first kappa shape index (κ1) is 23.5. The number of rotatable bonds is 3. The molecule has 0 spiro atoms. The molecule has 0 radical (unpaired) electrons. The molecule has 0 saturated heterocycles. The second kappa shape index (κ2) is 15.2. The molecule has 22 heavy (non-hydrogen) atoms. The highest BCUT2D eigenvalue weighted by atomic mass is 79.9. The molecule has 0 aliphatic carbocycles. The minimum Gasteiger partial charge on any atom is -0.323 e. The van der Waals surface area contributed by atoms with E-state index in [0.717, 1.165) is 6.42 Å². The van der Waals surface area contributed by atoms with Crippen molar-refractivity contribution < 1.29 is 3.89 Å². The van der Waals surface area contributed by atoms with Crippen molar-refractivity contribution in [2.24, 2.45) is 0 Å². The molecule has 0 bridgehead atoms. The van der Waals surface area contributed by atoms with E-state index in [-0.39, 0.29) is 12.3 Å². The largest absolute Gasteiger partial charge is 0.323 e. The standard InChI is InChI=1S/C8H8BrFN4S.C2H7N.2C2H6/c1-2-3-6-13-7-8(14(6)15-10)12-5(9)4-11-7;1-3-2;2*1-2/h4H,2-3H2,1H3;3H,1-2H3;2*1-2H3. The smallest absolute Gasteiger partial charge is 0.198 e. The van der Waals surface area contributed by atoms with Crippen LogP contribution in [0.15, 0.2) is 10.8 Å². The van der Waals surface area contributed by atoms with Crippen LogP contribution < -0.4 is 5.32 Å². The second-order valence-electron chi connectivity index (χ2n) is 3.48. The van der Waals surface area contributed by atoms with Crippen LogP contribution in [0.2, 0.25) is 0 Å². The Morgan fingerprint density at radius 3 is 2.23 bits per heavy atom. The number of hydrogen-bond acceptors (Lipinski definition) is 5. The molecular weight excluding hydrogens is 369 g/mol. The van der Waals surface area contributed by atoms with Gasteiger partial charge in [-0.3, -0.25) is 0 Å². The van der Waals surface area contributed by atoms with Crippen LogP contribution in [0, 0.1) is 0 Å². The lowest BCUT2D eigenvalue weighted by atomic mass is 10.3. The van der Waals surface area contributed by atoms with Crippen LogP contribution in [0.3, 0.4) is 0 Å². The maximum absolute atomic E-state index is 12.8. The lowest BCUT2D eigenvalue weighted by Crippen LogP contribution is -1.94. The Kier molecular flexibility index (Phi) is 16.2. The molecule has 0 aromatic carbocycles. The molecule has 2 aromatic rings. The topological polar surface area (TPSA) is 55.6 Å². The number of imidazole rings is 1. The molecule has 8 heteroatoms. The number of nitrogens with one attached hydrogen (secondary N) is 1. The van der Waals surface area contributed by atoms with E-state index in [2.05, 4.69) is 36.2 Å². The molecule has 2 rings (SSSR count). The summed E-state index contributed by atoms with van der Waals surface area (Å²) >= 11 is 3.31. The second-order valence-corrected chi connectivity index (χ2v) is 4.80. The maximum Gasteiger partial charge on any atom is 0.198 e. The highest BCUT2D eigenvalue weighted by Gasteiger charge is 2.13. The van der Waals surface area contributed by atoms with Gasteiger partial charge in [-0.2, -0.15) is 0 Å². The molecule has 0 saturated carbocycles. The number of halogens is 2. The van der Waals surface area contributed by atoms with Gasteiger partial charge in [0, 0.05) is 6.42 Å². The van der Waals surface area contributed by atoms with Crippen LogP contribution in [0.5, 0.6) is 0 Å². The van der Waals surface area contributed by atoms with E-state index in [1.165, 1.54) is 3.97 Å². The third-order valence-electron chi connectivity index (χ3n) is 1.91. The summed E-state index contributed by atoms with van der Waals surface area (Å²) < 4.78 is 14.7. The predicted octanol–water partition coefficient (Wildman–Crippen LogP) is 4.81. The summed E-state index contributed by atoms with van der Waals surface area (Å²) in [5, 5.41) is 2.75. The zero-order chi connectivity index (χ0) is 17.5. The molecule has 2 heterocycles. The van der Waals surface area contributed by atoms with E-state index in [0.29, 0.717) is 28.1 Å². The minimum atomic E-state index is 0.111. The van der Waals surface area contributed by atoms with E-state index in [4.69, 9.17) is 0 Å². The van der Waals surface area contributed by atoms with Crippen molar-refractivity contribution in [1.29, 1.82) is 0 Å². The van der Waals surface area contributed by atoms with Crippen molar-refractivity contribution in [3.63, 3.8) is 0 Å². The summed E-state index contributed by atoms with van der Waals surface area (Å²) in [4.78, 5) is 12.4. The molecular formula is C14H27BrFN5S. The Bertz CT molecular complexity index is 507. The molecule has 0 amide bonds. The van der Waals surface area contributed by atoms with Crippen LogP contribution >= 0.6 is 28.3 Å². The van der Waals surface area contributed by atoms with Gasteiger partial charge in [0.05, 0.1) is 6.20 Å². The number of aryl methyl sites for hydroxylation is 1. The average Bonchev–Trinajstić information content (AvgIpc) is 2.89. The lowest BCUT2D eigenvalue weighted by molar-refractivity contribution is 0.829. The molecule has 0 aliphatic rings. The van der Waals surface area contributed by atoms with Crippen LogP contribution in [-0.2, 0) is 6.42 Å². The maximum atomic E-state index is 12.8. The van der Waals surface area contributed by atoms with Gasteiger partial charge in [-0.05, 0) is 36.4 Å². The summed E-state index contributed by atoms with van der Waals surface area (Å²) in [6.07, 6.45) is 3.18. The first-order valence-corrected chi connectivity index (χ1v) is 8.92. The van der Waals surface area contributed by atoms with Gasteiger partial charge in [-0.25, -0.2) is 18.9 Å². The van der Waals surface area contributed by atoms with Gasteiger partial charge in [0.15, 0.2) is 23.6 Å². The Labute approximate surface area is 146 Å². The number of hydrogen-bond donors (Lipinski definition) is 1. The fourth-order valence-electron chi connectivity index (χ4n) is 1.31. The van der Waals surface area contributed by atoms with Gasteiger partial charge >= 0.3 is 0 Å². The normalized spacial score (nSPS) is 8.95. The fourth-order valence-corrected chi connectivity index (χ4v) is 1.98. The van der Waals surface area contributed by atoms with Crippen molar-refractivity contribution in [3.05, 3.63) is 16.6 Å². The van der Waals surface area contributed by atoms with Gasteiger partial charge in [0.25, 0.3) is 0 Å². The van der Waals surface area contributed by atoms with Crippen molar-refractivity contribution in [3.8, 4) is 0 Å². The minimum absolute atomic E-state index is 0.111. The fraction of sp³-hybridized carbons (Fsp3) is 0.643. The molecule has 2 aromatic heterocycles. The summed E-state index contributed by atoms with van der Waals surface area (Å²) in [6.45, 7) is 10.0. The van der Waals surface area contributed by atoms with Gasteiger partial charge in [0.2, 0.25) is 0 Å². The Balaban J connectivity index is 0. The van der Waals surface area contributed by atoms with Crippen molar-refractivity contribution >= 4 is 39.6 Å². The monoisotopic (exact) mass is 395 g/mol. The van der Waals surface area contributed by atoms with Gasteiger partial charge in [0.1, 0.15) is 10.4 Å². The summed E-state index contributed by atoms with van der Waals surface area (Å²) in [5.74, 6) is 0.665. The Morgan fingerprint density at radius 1 is 1.23 bits per heavy atom. The van der Waals surface area contributed by atoms with Crippen molar-refractivity contribution in [1.82, 2.24) is 24.2 Å². The van der Waals surface area contributed by atoms with Crippen LogP contribution in [0.1, 0.15) is 46.9 Å². The summed E-state index contributed by atoms with van der Waals surface area (Å²) in [7, 11) is 3.75. The van der Waals surface area contributed by atoms with E-state index >= 15 is 0 Å². The first-order chi connectivity index (χ1) is 10.7. The number of nitrogens with zero attached hydrogens (tertiary/aromatic N) is 4. The average molecular weight is 396 g/mol. The third-order valence-corrected chi connectivity index (χ3v) is 2.81. The van der Waals surface area contributed by atoms with Gasteiger partial charge in [-0.15, -0.1) is 3.89 Å². The van der Waals surface area contributed by atoms with Crippen LogP contribution in [-0.4, -0.2) is 33.0 Å². The predicted molar refractivity (Wildman–Crippen MR) is 98.8 cm³/mol. The lowest BCUT2D eigenvalue weighted by Gasteiger charge is -1.98. The highest BCUT2D eigenvalue weighted by molar-refractivity contribution is 9.10. The zero-order valence-electron chi connectivity index (χ0n) is 14.4. The Morgan fingerprint density at radius 2 is 1.77 bits per heavy atom. The van der Waals surface area contributed by atoms with Crippen LogP contribution in [0.4, 0.5) is 3.89 Å². The molecule has 0 fully saturated rings. The van der Waals surface area contributed by atoms with Crippen molar-refractivity contribution in [2.75, 3.05) is 14.1 Å². The van der Waals surface area contributed by atoms with E-state index in [9.17, 15) is 3.89 Å². The first-order valence-electron chi connectivity index (χ1n) is 7.45. The molecule has 0 aliphatic heterocycles. The molecule has 128 valence electrons. The zero-order valence-corrected chi connectivity index (χ0v) is 16.8. The molecule has 5 nitrogen and oxygen atoms in total. The van der Waals surface area contributed by atoms with Crippen molar-refractivity contribution in [2.45, 2.75) is 47.5 Å². The Hall–Kier alpha value is -0.730. The highest BCUT2D eigenvalue weighted by Crippen LogP contribution is 2.21. The molecule has 0 unspecified atom stereocenters. The number of aromatic nitrogens is 4. The number of fused-ring (bicyclic) bond motifs is 1. The van der Waals surface area contributed by atoms with Gasteiger partial charge < -0.3 is 5.32 Å². The van der Waals surface area contributed by atoms with E-state index in [1.807, 2.05) is 48.7 Å². The summed E-state index contributed by atoms with van der Waals surface area (Å²) in [5.41, 5.74) is 0.937. The molecule has 0 atom stereocenters. The third kappa shape index (κ3) is 7.51. The quantitative estimate of drug-likeness (QED) is 0.807. The van der Waals surface area contributed by atoms with E-state index in [1.54, 1.807) is 6.20 Å². The van der Waals surface area contributed by atoms with Crippen LogP contribution in [0.25, 0.3) is 11.3 Å². The SMILES string of the molecule is CC.CC.CCCc1nc2ncc(Br)nc2n1SF.CNC. The van der Waals surface area contributed by atoms with E-state index < -0.39 is 0 Å². The summed E-state index contributed by atoms with van der Waals surface area (Å²) in [6, 6.07) is 0. The molecule has 1 N–H and O–H groups in total. The van der Waals surface area contributed by atoms with Gasteiger partial charge in [-0.1, -0.05) is 34.6 Å².